The zero-order chi connectivity index (χ0) is 19.5. The molecule has 0 atom stereocenters. The molecule has 4 rings (SSSR count). The van der Waals surface area contributed by atoms with E-state index in [4.69, 9.17) is 0 Å². The first-order valence-corrected chi connectivity index (χ1v) is 9.69. The van der Waals surface area contributed by atoms with Gasteiger partial charge in [-0.05, 0) is 38.1 Å². The molecule has 0 aliphatic rings. The van der Waals surface area contributed by atoms with Crippen molar-refractivity contribution in [3.8, 4) is 11.3 Å². The van der Waals surface area contributed by atoms with Crippen LogP contribution in [0.2, 0.25) is 0 Å². The quantitative estimate of drug-likeness (QED) is 0.396. The summed E-state index contributed by atoms with van der Waals surface area (Å²) in [5, 5.41) is 12.0. The highest BCUT2D eigenvalue weighted by molar-refractivity contribution is 7.99. The lowest BCUT2D eigenvalue weighted by Crippen LogP contribution is -2.15. The van der Waals surface area contributed by atoms with Crippen LogP contribution in [0.3, 0.4) is 0 Å². The van der Waals surface area contributed by atoms with Crippen LogP contribution in [0.1, 0.15) is 19.9 Å². The van der Waals surface area contributed by atoms with Gasteiger partial charge in [0.1, 0.15) is 0 Å². The van der Waals surface area contributed by atoms with Crippen molar-refractivity contribution in [2.75, 3.05) is 11.1 Å². The van der Waals surface area contributed by atoms with Crippen molar-refractivity contribution in [2.45, 2.75) is 25.0 Å². The molecule has 1 N–H and O–H groups in total. The zero-order valence-electron chi connectivity index (χ0n) is 15.4. The third kappa shape index (κ3) is 3.86. The molecule has 0 unspecified atom stereocenters. The summed E-state index contributed by atoms with van der Waals surface area (Å²) in [7, 11) is 0. The molecular weight excluding hydrogens is 376 g/mol. The van der Waals surface area contributed by atoms with E-state index < -0.39 is 0 Å². The summed E-state index contributed by atoms with van der Waals surface area (Å²) >= 11 is 1.25. The van der Waals surface area contributed by atoms with Gasteiger partial charge in [-0.3, -0.25) is 14.8 Å². The Morgan fingerprint density at radius 2 is 2.00 bits per heavy atom. The summed E-state index contributed by atoms with van der Waals surface area (Å²) in [5.41, 5.74) is 2.62. The molecule has 0 aliphatic heterocycles. The summed E-state index contributed by atoms with van der Waals surface area (Å²) in [6, 6.07) is 7.77. The van der Waals surface area contributed by atoms with Crippen molar-refractivity contribution in [3.63, 3.8) is 0 Å². The van der Waals surface area contributed by atoms with Gasteiger partial charge >= 0.3 is 0 Å². The number of carbonyl (C=O) groups excluding carboxylic acids is 1. The molecule has 0 saturated carbocycles. The molecule has 0 aliphatic carbocycles. The number of fused-ring (bicyclic) bond motifs is 1. The number of aromatic nitrogens is 7. The molecule has 4 heterocycles. The number of amides is 1. The Hall–Kier alpha value is -3.27. The minimum absolute atomic E-state index is 0.179. The molecule has 0 bridgehead atoms. The number of pyridine rings is 1. The van der Waals surface area contributed by atoms with E-state index in [0.29, 0.717) is 10.8 Å². The summed E-state index contributed by atoms with van der Waals surface area (Å²) in [6.45, 7) is 4.16. The van der Waals surface area contributed by atoms with E-state index in [1.54, 1.807) is 29.2 Å². The van der Waals surface area contributed by atoms with Crippen molar-refractivity contribution in [3.05, 3.63) is 49.1 Å². The molecule has 9 nitrogen and oxygen atoms in total. The van der Waals surface area contributed by atoms with Crippen molar-refractivity contribution < 1.29 is 4.79 Å². The standard InChI is InChI=1S/C18H18N8OS/c1-12(2)26-14(6-9-21-26)13-4-5-15-22-17(24-25(15)10-13)23-16(27)11-28-18-19-7-3-8-20-18/h3-10,12H,11H2,1-2H3,(H,23,24,27). The first-order chi connectivity index (χ1) is 13.6. The van der Waals surface area contributed by atoms with Gasteiger partial charge < -0.3 is 0 Å². The summed E-state index contributed by atoms with van der Waals surface area (Å²) in [6.07, 6.45) is 6.93. The molecule has 28 heavy (non-hydrogen) atoms. The first kappa shape index (κ1) is 18.1. The predicted molar refractivity (Wildman–Crippen MR) is 106 cm³/mol. The Morgan fingerprint density at radius 1 is 1.18 bits per heavy atom. The van der Waals surface area contributed by atoms with Crippen molar-refractivity contribution in [1.29, 1.82) is 0 Å². The molecule has 4 aromatic heterocycles. The normalized spacial score (nSPS) is 11.2. The van der Waals surface area contributed by atoms with Gasteiger partial charge in [-0.15, -0.1) is 5.10 Å². The number of anilines is 1. The monoisotopic (exact) mass is 394 g/mol. The second-order valence-electron chi connectivity index (χ2n) is 6.28. The summed E-state index contributed by atoms with van der Waals surface area (Å²) in [5.74, 6) is 0.221. The largest absolute Gasteiger partial charge is 0.292 e. The highest BCUT2D eigenvalue weighted by Gasteiger charge is 2.12. The molecule has 142 valence electrons. The van der Waals surface area contributed by atoms with Gasteiger partial charge in [0, 0.05) is 36.4 Å². The highest BCUT2D eigenvalue weighted by atomic mass is 32.2. The van der Waals surface area contributed by atoms with Gasteiger partial charge in [0.15, 0.2) is 10.8 Å². The van der Waals surface area contributed by atoms with Crippen LogP contribution in [-0.4, -0.2) is 46.0 Å². The molecule has 0 saturated heterocycles. The minimum Gasteiger partial charge on any atom is -0.292 e. The molecule has 10 heteroatoms. The smallest absolute Gasteiger partial charge is 0.249 e. The SMILES string of the molecule is CC(C)n1nccc1-c1ccc2nc(NC(=O)CSc3ncccn3)nn2c1. The van der Waals surface area contributed by atoms with Gasteiger partial charge in [0.2, 0.25) is 11.9 Å². The lowest BCUT2D eigenvalue weighted by Gasteiger charge is -2.10. The van der Waals surface area contributed by atoms with Crippen LogP contribution in [0.5, 0.6) is 0 Å². The molecule has 4 aromatic rings. The van der Waals surface area contributed by atoms with Crippen LogP contribution in [0.4, 0.5) is 5.95 Å². The second kappa shape index (κ2) is 7.77. The Kier molecular flexibility index (Phi) is 5.02. The number of rotatable bonds is 6. The van der Waals surface area contributed by atoms with Crippen LogP contribution in [-0.2, 0) is 4.79 Å². The van der Waals surface area contributed by atoms with E-state index >= 15 is 0 Å². The number of thioether (sulfide) groups is 1. The average Bonchev–Trinajstić information content (AvgIpc) is 3.33. The molecule has 0 radical (unpaired) electrons. The van der Waals surface area contributed by atoms with Crippen LogP contribution < -0.4 is 5.32 Å². The van der Waals surface area contributed by atoms with Gasteiger partial charge in [-0.1, -0.05) is 11.8 Å². The van der Waals surface area contributed by atoms with Crippen molar-refractivity contribution in [1.82, 2.24) is 34.3 Å². The van der Waals surface area contributed by atoms with Gasteiger partial charge in [0.25, 0.3) is 0 Å². The van der Waals surface area contributed by atoms with Gasteiger partial charge in [0.05, 0.1) is 11.4 Å². The Labute approximate surface area is 165 Å². The van der Waals surface area contributed by atoms with E-state index in [2.05, 4.69) is 44.3 Å². The number of hydrogen-bond acceptors (Lipinski definition) is 7. The number of nitrogens with zero attached hydrogens (tertiary/aromatic N) is 7. The lowest BCUT2D eigenvalue weighted by atomic mass is 10.2. The van der Waals surface area contributed by atoms with E-state index in [-0.39, 0.29) is 23.7 Å². The van der Waals surface area contributed by atoms with Crippen LogP contribution >= 0.6 is 11.8 Å². The third-order valence-corrected chi connectivity index (χ3v) is 4.79. The van der Waals surface area contributed by atoms with E-state index in [1.807, 2.05) is 29.1 Å². The topological polar surface area (TPSA) is 103 Å². The fraction of sp³-hybridized carbons (Fsp3) is 0.222. The van der Waals surface area contributed by atoms with Crippen molar-refractivity contribution >= 4 is 29.3 Å². The van der Waals surface area contributed by atoms with Crippen LogP contribution in [0, 0.1) is 0 Å². The third-order valence-electron chi connectivity index (χ3n) is 3.91. The lowest BCUT2D eigenvalue weighted by molar-refractivity contribution is -0.113. The fourth-order valence-corrected chi connectivity index (χ4v) is 3.30. The molecule has 0 fully saturated rings. The Balaban J connectivity index is 1.49. The maximum atomic E-state index is 12.1. The molecule has 0 spiro atoms. The van der Waals surface area contributed by atoms with Crippen molar-refractivity contribution in [2.24, 2.45) is 0 Å². The summed E-state index contributed by atoms with van der Waals surface area (Å²) < 4.78 is 3.60. The Morgan fingerprint density at radius 3 is 2.79 bits per heavy atom. The fourth-order valence-electron chi connectivity index (χ4n) is 2.69. The number of nitrogens with one attached hydrogen (secondary N) is 1. The molecular formula is C18H18N8OS. The van der Waals surface area contributed by atoms with Gasteiger partial charge in [-0.25, -0.2) is 14.5 Å². The number of carbonyl (C=O) groups is 1. The highest BCUT2D eigenvalue weighted by Crippen LogP contribution is 2.22. The van der Waals surface area contributed by atoms with E-state index in [1.165, 1.54) is 11.8 Å². The van der Waals surface area contributed by atoms with Gasteiger partial charge in [-0.2, -0.15) is 10.1 Å². The van der Waals surface area contributed by atoms with E-state index in [0.717, 1.165) is 11.3 Å². The first-order valence-electron chi connectivity index (χ1n) is 8.70. The molecule has 0 aromatic carbocycles. The second-order valence-corrected chi connectivity index (χ2v) is 7.22. The van der Waals surface area contributed by atoms with Crippen LogP contribution in [0.15, 0.2) is 54.2 Å². The minimum atomic E-state index is -0.216. The summed E-state index contributed by atoms with van der Waals surface area (Å²) in [4.78, 5) is 24.6. The zero-order valence-corrected chi connectivity index (χ0v) is 16.2. The predicted octanol–water partition coefficient (Wildman–Crippen LogP) is 2.69. The maximum absolute atomic E-state index is 12.1. The maximum Gasteiger partial charge on any atom is 0.249 e. The molecule has 1 amide bonds. The Bertz CT molecular complexity index is 1110. The van der Waals surface area contributed by atoms with Crippen LogP contribution in [0.25, 0.3) is 16.9 Å². The average molecular weight is 394 g/mol. The van der Waals surface area contributed by atoms with E-state index in [9.17, 15) is 4.79 Å². The number of hydrogen-bond donors (Lipinski definition) is 1.